The van der Waals surface area contributed by atoms with Crippen LogP contribution in [-0.2, 0) is 14.3 Å². The topological polar surface area (TPSA) is 210 Å². The number of non-ortho nitro benzene ring substituents is 1. The first-order valence-corrected chi connectivity index (χ1v) is 18.9. The first-order chi connectivity index (χ1) is 25.0. The van der Waals surface area contributed by atoms with Crippen molar-refractivity contribution in [2.45, 2.75) is 123 Å². The van der Waals surface area contributed by atoms with Gasteiger partial charge in [-0.2, -0.15) is 5.26 Å². The largest absolute Gasteiger partial charge is 0.398 e. The second-order valence-electron chi connectivity index (χ2n) is 13.2. The molecule has 0 fully saturated rings. The van der Waals surface area contributed by atoms with Gasteiger partial charge in [-0.25, -0.2) is 0 Å². The van der Waals surface area contributed by atoms with Crippen LogP contribution in [0.3, 0.4) is 0 Å². The van der Waals surface area contributed by atoms with Gasteiger partial charge < -0.3 is 41.4 Å². The van der Waals surface area contributed by atoms with E-state index >= 15 is 0 Å². The smallest absolute Gasteiger partial charge is 0.270 e. The standard InChI is InChI=1S/C32H59N3O5.C7H5N3O2/c1-4-6-8-10-12-14-16-29(37)25-39-22-20-35(28-18-19-31(33)32(24-28)34-27(3)36)21-23-40-26-30(38)17-15-13-11-9-7-5-2;8-4-5-3-6(10(11)12)1-2-7(5)9/h18-19,24,29-30,37-38H,4-17,20-23,25-26,33H2,1-3H3,(H,34,36);1-3H,9H2. The highest BCUT2D eigenvalue weighted by molar-refractivity contribution is 5.93. The van der Waals surface area contributed by atoms with Gasteiger partial charge in [-0.15, -0.1) is 0 Å². The molecule has 0 aliphatic rings. The fraction of sp³-hybridized carbons (Fsp3) is 0.641. The number of hydrogen-bond acceptors (Lipinski definition) is 11. The maximum absolute atomic E-state index is 11.6. The number of aliphatic hydroxyl groups excluding tert-OH is 2. The van der Waals surface area contributed by atoms with Crippen molar-refractivity contribution in [2.75, 3.05) is 61.2 Å². The molecule has 0 spiro atoms. The van der Waals surface area contributed by atoms with E-state index in [2.05, 4.69) is 24.1 Å². The lowest BCUT2D eigenvalue weighted by molar-refractivity contribution is -0.384. The molecule has 2 unspecified atom stereocenters. The number of nitriles is 1. The lowest BCUT2D eigenvalue weighted by Crippen LogP contribution is -2.32. The quantitative estimate of drug-likeness (QED) is 0.0266. The maximum Gasteiger partial charge on any atom is 0.270 e. The Hall–Kier alpha value is -3.96. The van der Waals surface area contributed by atoms with Crippen molar-refractivity contribution >= 4 is 34.3 Å². The van der Waals surface area contributed by atoms with Crippen molar-refractivity contribution in [3.63, 3.8) is 0 Å². The first-order valence-electron chi connectivity index (χ1n) is 18.9. The number of nitrogens with one attached hydrogen (secondary N) is 1. The molecule has 0 aliphatic heterocycles. The van der Waals surface area contributed by atoms with Crippen LogP contribution in [0.5, 0.6) is 0 Å². The van der Waals surface area contributed by atoms with E-state index in [4.69, 9.17) is 26.2 Å². The molecule has 2 aromatic rings. The normalized spacial score (nSPS) is 11.9. The van der Waals surface area contributed by atoms with Crippen LogP contribution in [0, 0.1) is 21.4 Å². The number of benzene rings is 2. The number of ether oxygens (including phenoxy) is 2. The number of carbonyl (C=O) groups is 1. The molecule has 7 N–H and O–H groups in total. The summed E-state index contributed by atoms with van der Waals surface area (Å²) in [4.78, 5) is 23.4. The number of nitrogens with zero attached hydrogens (tertiary/aromatic N) is 3. The monoisotopic (exact) mass is 728 g/mol. The fourth-order valence-corrected chi connectivity index (χ4v) is 5.44. The number of unbranched alkanes of at least 4 members (excludes halogenated alkanes) is 10. The Morgan fingerprint density at radius 3 is 1.83 bits per heavy atom. The lowest BCUT2D eigenvalue weighted by Gasteiger charge is -2.26. The Bertz CT molecular complexity index is 1290. The summed E-state index contributed by atoms with van der Waals surface area (Å²) in [5.41, 5.74) is 13.6. The van der Waals surface area contributed by atoms with E-state index < -0.39 is 17.1 Å². The summed E-state index contributed by atoms with van der Waals surface area (Å²) < 4.78 is 11.6. The first kappa shape index (κ1) is 46.1. The van der Waals surface area contributed by atoms with Gasteiger partial charge in [-0.3, -0.25) is 14.9 Å². The van der Waals surface area contributed by atoms with Crippen LogP contribution in [0.1, 0.15) is 116 Å². The minimum Gasteiger partial charge on any atom is -0.398 e. The zero-order valence-electron chi connectivity index (χ0n) is 31.7. The Morgan fingerprint density at radius 1 is 0.846 bits per heavy atom. The molecule has 0 radical (unpaired) electrons. The molecule has 0 bridgehead atoms. The summed E-state index contributed by atoms with van der Waals surface area (Å²) in [7, 11) is 0. The molecule has 13 nitrogen and oxygen atoms in total. The lowest BCUT2D eigenvalue weighted by atomic mass is 10.1. The number of hydrogen-bond donors (Lipinski definition) is 5. The molecule has 2 atom stereocenters. The van der Waals surface area contributed by atoms with Crippen molar-refractivity contribution in [3.05, 3.63) is 52.1 Å². The number of aliphatic hydroxyl groups is 2. The summed E-state index contributed by atoms with van der Waals surface area (Å²) >= 11 is 0. The minimum absolute atomic E-state index is 0.124. The highest BCUT2D eigenvalue weighted by Gasteiger charge is 2.13. The molecule has 0 aliphatic carbocycles. The number of amides is 1. The van der Waals surface area contributed by atoms with Gasteiger partial charge in [-0.05, 0) is 37.1 Å². The van der Waals surface area contributed by atoms with Crippen LogP contribution < -0.4 is 21.7 Å². The van der Waals surface area contributed by atoms with Crippen LogP contribution in [-0.4, -0.2) is 72.8 Å². The number of carbonyl (C=O) groups excluding carboxylic acids is 1. The van der Waals surface area contributed by atoms with Gasteiger partial charge in [-0.1, -0.05) is 90.9 Å². The SMILES string of the molecule is CCCCCCCCC(O)COCCN(CCOCC(O)CCCCCCCC)c1ccc(N)c(NC(C)=O)c1.N#Cc1cc([N+](=O)[O-])ccc1N. The van der Waals surface area contributed by atoms with E-state index in [0.717, 1.165) is 50.3 Å². The van der Waals surface area contributed by atoms with Gasteiger partial charge in [0.2, 0.25) is 5.91 Å². The molecule has 0 aromatic heterocycles. The molecule has 1 amide bonds. The Morgan fingerprint density at radius 2 is 1.35 bits per heavy atom. The number of anilines is 4. The average Bonchev–Trinajstić information content (AvgIpc) is 3.11. The van der Waals surface area contributed by atoms with Gasteiger partial charge in [0.15, 0.2) is 0 Å². The van der Waals surface area contributed by atoms with Crippen LogP contribution in [0.2, 0.25) is 0 Å². The van der Waals surface area contributed by atoms with Gasteiger partial charge >= 0.3 is 0 Å². The van der Waals surface area contributed by atoms with Crippen molar-refractivity contribution in [3.8, 4) is 6.07 Å². The Kier molecular flexibility index (Phi) is 25.3. The van der Waals surface area contributed by atoms with E-state index in [-0.39, 0.29) is 22.8 Å². The van der Waals surface area contributed by atoms with Crippen LogP contribution in [0.15, 0.2) is 36.4 Å². The molecule has 0 heterocycles. The zero-order valence-corrected chi connectivity index (χ0v) is 31.7. The van der Waals surface area contributed by atoms with E-state index in [1.165, 1.54) is 70.4 Å². The third kappa shape index (κ3) is 21.4. The van der Waals surface area contributed by atoms with Crippen LogP contribution >= 0.6 is 0 Å². The number of rotatable bonds is 27. The summed E-state index contributed by atoms with van der Waals surface area (Å²) in [5, 5.41) is 42.1. The number of nitrogen functional groups attached to an aromatic ring is 2. The summed E-state index contributed by atoms with van der Waals surface area (Å²) in [6.07, 6.45) is 15.1. The second-order valence-corrected chi connectivity index (χ2v) is 13.2. The average molecular weight is 729 g/mol. The molecule has 0 saturated heterocycles. The van der Waals surface area contributed by atoms with Crippen molar-refractivity contribution < 1.29 is 29.4 Å². The zero-order chi connectivity index (χ0) is 38.6. The molecule has 2 aromatic carbocycles. The molecule has 13 heteroatoms. The van der Waals surface area contributed by atoms with Gasteiger partial charge in [0.05, 0.1) is 60.5 Å². The third-order valence-electron chi connectivity index (χ3n) is 8.49. The van der Waals surface area contributed by atoms with Gasteiger partial charge in [0, 0.05) is 43.5 Å². The maximum atomic E-state index is 11.6. The van der Waals surface area contributed by atoms with Crippen molar-refractivity contribution in [1.82, 2.24) is 0 Å². The fourth-order valence-electron chi connectivity index (χ4n) is 5.44. The molecular formula is C39H64N6O7. The molecule has 0 saturated carbocycles. The van der Waals surface area contributed by atoms with Crippen LogP contribution in [0.4, 0.5) is 28.4 Å². The number of nitrogens with two attached hydrogens (primary N) is 2. The van der Waals surface area contributed by atoms with Gasteiger partial charge in [0.1, 0.15) is 6.07 Å². The number of nitro groups is 1. The minimum atomic E-state index is -0.569. The van der Waals surface area contributed by atoms with E-state index in [1.807, 2.05) is 12.1 Å². The highest BCUT2D eigenvalue weighted by atomic mass is 16.6. The van der Waals surface area contributed by atoms with Crippen molar-refractivity contribution in [1.29, 1.82) is 5.26 Å². The molecule has 52 heavy (non-hydrogen) atoms. The van der Waals surface area contributed by atoms with E-state index in [1.54, 1.807) is 12.1 Å². The highest BCUT2D eigenvalue weighted by Crippen LogP contribution is 2.26. The Labute approximate surface area is 310 Å². The summed E-state index contributed by atoms with van der Waals surface area (Å²) in [6.45, 7) is 8.62. The molecule has 2 rings (SSSR count). The predicted octanol–water partition coefficient (Wildman–Crippen LogP) is 7.34. The number of nitro benzene ring substituents is 1. The Balaban J connectivity index is 0.000000945. The molecular weight excluding hydrogens is 664 g/mol. The van der Waals surface area contributed by atoms with Gasteiger partial charge in [0.25, 0.3) is 5.69 Å². The predicted molar refractivity (Wildman–Crippen MR) is 209 cm³/mol. The van der Waals surface area contributed by atoms with E-state index in [0.29, 0.717) is 50.9 Å². The van der Waals surface area contributed by atoms with Crippen LogP contribution in [0.25, 0.3) is 0 Å². The summed E-state index contributed by atoms with van der Waals surface area (Å²) in [5.74, 6) is -0.180. The third-order valence-corrected chi connectivity index (χ3v) is 8.49. The second kappa shape index (κ2) is 28.6. The molecule has 292 valence electrons. The summed E-state index contributed by atoms with van der Waals surface area (Å²) in [6, 6.07) is 11.1. The van der Waals surface area contributed by atoms with Crippen molar-refractivity contribution in [2.24, 2.45) is 0 Å². The van der Waals surface area contributed by atoms with E-state index in [9.17, 15) is 25.1 Å².